The number of nitrogens with one attached hydrogen (secondary N) is 1. The molecule has 0 amide bonds. The van der Waals surface area contributed by atoms with Gasteiger partial charge in [0.2, 0.25) is 0 Å². The number of H-pyrrole nitrogens is 1. The van der Waals surface area contributed by atoms with E-state index >= 15 is 0 Å². The standard InChI is InChI=1S/C15H11NS/c17-15-12-8-4-5-9-14(12)16-10-13(15)11-6-2-1-3-7-11/h1-10H,(H,16,17). The van der Waals surface area contributed by atoms with E-state index < -0.39 is 0 Å². The minimum atomic E-state index is 0.908. The minimum absolute atomic E-state index is 0.908. The molecule has 0 radical (unpaired) electrons. The van der Waals surface area contributed by atoms with Crippen LogP contribution in [0.2, 0.25) is 0 Å². The molecule has 0 saturated heterocycles. The summed E-state index contributed by atoms with van der Waals surface area (Å²) in [6.45, 7) is 0. The van der Waals surface area contributed by atoms with Gasteiger partial charge in [0.25, 0.3) is 0 Å². The molecule has 0 spiro atoms. The van der Waals surface area contributed by atoms with E-state index in [2.05, 4.69) is 23.2 Å². The van der Waals surface area contributed by atoms with Crippen molar-refractivity contribution in [1.29, 1.82) is 0 Å². The molecule has 1 N–H and O–H groups in total. The van der Waals surface area contributed by atoms with Gasteiger partial charge in [0.1, 0.15) is 0 Å². The summed E-state index contributed by atoms with van der Waals surface area (Å²) in [4.78, 5) is 3.29. The number of hydrogen-bond donors (Lipinski definition) is 1. The molecular weight excluding hydrogens is 226 g/mol. The summed E-state index contributed by atoms with van der Waals surface area (Å²) in [6, 6.07) is 18.3. The molecule has 0 saturated carbocycles. The van der Waals surface area contributed by atoms with E-state index in [1.54, 1.807) is 0 Å². The van der Waals surface area contributed by atoms with Crippen LogP contribution in [0, 0.1) is 4.51 Å². The number of aromatic amines is 1. The lowest BCUT2D eigenvalue weighted by atomic mass is 10.1. The third-order valence-electron chi connectivity index (χ3n) is 2.87. The second-order valence-corrected chi connectivity index (χ2v) is 4.35. The molecule has 2 aromatic carbocycles. The van der Waals surface area contributed by atoms with Crippen molar-refractivity contribution in [2.24, 2.45) is 0 Å². The second kappa shape index (κ2) is 4.15. The Hall–Kier alpha value is -1.93. The van der Waals surface area contributed by atoms with Gasteiger partial charge in [-0.05, 0) is 11.6 Å². The molecule has 3 rings (SSSR count). The van der Waals surface area contributed by atoms with Crippen LogP contribution in [0.3, 0.4) is 0 Å². The number of hydrogen-bond acceptors (Lipinski definition) is 1. The summed E-state index contributed by atoms with van der Waals surface area (Å²) < 4.78 is 0.908. The van der Waals surface area contributed by atoms with Gasteiger partial charge >= 0.3 is 0 Å². The molecule has 3 aromatic rings. The molecule has 0 atom stereocenters. The molecule has 0 aliphatic carbocycles. The lowest BCUT2D eigenvalue weighted by Crippen LogP contribution is -1.84. The number of pyridine rings is 1. The molecule has 0 unspecified atom stereocenters. The van der Waals surface area contributed by atoms with Crippen LogP contribution in [0.5, 0.6) is 0 Å². The van der Waals surface area contributed by atoms with E-state index in [0.717, 1.165) is 26.5 Å². The Bertz CT molecular complexity index is 714. The minimum Gasteiger partial charge on any atom is -0.360 e. The van der Waals surface area contributed by atoms with Gasteiger partial charge < -0.3 is 4.98 Å². The van der Waals surface area contributed by atoms with Crippen molar-refractivity contribution in [2.45, 2.75) is 0 Å². The Morgan fingerprint density at radius 3 is 2.35 bits per heavy atom. The Balaban J connectivity index is 2.33. The van der Waals surface area contributed by atoms with Crippen LogP contribution in [-0.4, -0.2) is 4.98 Å². The van der Waals surface area contributed by atoms with E-state index in [9.17, 15) is 0 Å². The predicted molar refractivity (Wildman–Crippen MR) is 74.6 cm³/mol. The maximum absolute atomic E-state index is 5.56. The van der Waals surface area contributed by atoms with Crippen LogP contribution in [0.1, 0.15) is 0 Å². The average Bonchev–Trinajstić information content (AvgIpc) is 2.40. The van der Waals surface area contributed by atoms with Gasteiger partial charge in [-0.2, -0.15) is 0 Å². The van der Waals surface area contributed by atoms with Crippen LogP contribution >= 0.6 is 12.2 Å². The fourth-order valence-electron chi connectivity index (χ4n) is 2.00. The maximum atomic E-state index is 5.56. The van der Waals surface area contributed by atoms with E-state index in [0.29, 0.717) is 0 Å². The number of para-hydroxylation sites is 1. The van der Waals surface area contributed by atoms with Crippen LogP contribution in [-0.2, 0) is 0 Å². The zero-order valence-corrected chi connectivity index (χ0v) is 10.00. The van der Waals surface area contributed by atoms with Gasteiger partial charge in [0.15, 0.2) is 0 Å². The highest BCUT2D eigenvalue weighted by Crippen LogP contribution is 2.24. The SMILES string of the molecule is S=c1c(-c2ccccc2)c[nH]c2ccccc12. The summed E-state index contributed by atoms with van der Waals surface area (Å²) in [7, 11) is 0. The van der Waals surface area contributed by atoms with E-state index in [1.807, 2.05) is 42.6 Å². The van der Waals surface area contributed by atoms with Gasteiger partial charge in [0, 0.05) is 22.7 Å². The van der Waals surface area contributed by atoms with Crippen molar-refractivity contribution in [3.05, 3.63) is 65.3 Å². The molecule has 1 nitrogen and oxygen atoms in total. The van der Waals surface area contributed by atoms with Crippen molar-refractivity contribution < 1.29 is 0 Å². The first-order valence-corrected chi connectivity index (χ1v) is 5.93. The van der Waals surface area contributed by atoms with Gasteiger partial charge in [-0.1, -0.05) is 60.7 Å². The normalized spacial score (nSPS) is 10.6. The summed E-state index contributed by atoms with van der Waals surface area (Å²) in [5.74, 6) is 0. The van der Waals surface area contributed by atoms with Crippen LogP contribution in [0.4, 0.5) is 0 Å². The fraction of sp³-hybridized carbons (Fsp3) is 0. The quantitative estimate of drug-likeness (QED) is 0.613. The van der Waals surface area contributed by atoms with Gasteiger partial charge in [-0.25, -0.2) is 0 Å². The molecule has 82 valence electrons. The first-order chi connectivity index (χ1) is 8.36. The zero-order chi connectivity index (χ0) is 11.7. The highest BCUT2D eigenvalue weighted by atomic mass is 32.1. The Morgan fingerprint density at radius 2 is 1.53 bits per heavy atom. The van der Waals surface area contributed by atoms with Crippen molar-refractivity contribution >= 4 is 23.1 Å². The predicted octanol–water partition coefficient (Wildman–Crippen LogP) is 4.56. The molecule has 1 heterocycles. The fourth-order valence-corrected chi connectivity index (χ4v) is 2.35. The smallest absolute Gasteiger partial charge is 0.0563 e. The van der Waals surface area contributed by atoms with E-state index in [4.69, 9.17) is 12.2 Å². The summed E-state index contributed by atoms with van der Waals surface area (Å²) >= 11 is 5.56. The van der Waals surface area contributed by atoms with Crippen molar-refractivity contribution in [2.75, 3.05) is 0 Å². The lowest BCUT2D eigenvalue weighted by Gasteiger charge is -2.04. The van der Waals surface area contributed by atoms with Gasteiger partial charge in [-0.15, -0.1) is 0 Å². The molecule has 1 aromatic heterocycles. The van der Waals surface area contributed by atoms with Crippen LogP contribution in [0.25, 0.3) is 22.0 Å². The molecule has 2 heteroatoms. The first kappa shape index (κ1) is 10.2. The second-order valence-electron chi connectivity index (χ2n) is 3.94. The average molecular weight is 237 g/mol. The highest BCUT2D eigenvalue weighted by molar-refractivity contribution is 7.71. The zero-order valence-electron chi connectivity index (χ0n) is 9.18. The van der Waals surface area contributed by atoms with Gasteiger partial charge in [-0.3, -0.25) is 0 Å². The van der Waals surface area contributed by atoms with Crippen molar-refractivity contribution in [1.82, 2.24) is 4.98 Å². The first-order valence-electron chi connectivity index (χ1n) is 5.52. The molecular formula is C15H11NS. The Labute approximate surface area is 105 Å². The third-order valence-corrected chi connectivity index (χ3v) is 3.31. The molecule has 0 bridgehead atoms. The van der Waals surface area contributed by atoms with Crippen LogP contribution in [0.15, 0.2) is 60.8 Å². The molecule has 17 heavy (non-hydrogen) atoms. The Kier molecular flexibility index (Phi) is 2.50. The largest absolute Gasteiger partial charge is 0.360 e. The van der Waals surface area contributed by atoms with E-state index in [1.165, 1.54) is 0 Å². The monoisotopic (exact) mass is 237 g/mol. The summed E-state index contributed by atoms with van der Waals surface area (Å²) in [5, 5.41) is 1.10. The third kappa shape index (κ3) is 1.77. The van der Waals surface area contributed by atoms with Crippen molar-refractivity contribution in [3.63, 3.8) is 0 Å². The highest BCUT2D eigenvalue weighted by Gasteiger charge is 2.02. The summed E-state index contributed by atoms with van der Waals surface area (Å²) in [6.07, 6.45) is 1.99. The topological polar surface area (TPSA) is 15.8 Å². The van der Waals surface area contributed by atoms with Gasteiger partial charge in [0.05, 0.1) is 4.51 Å². The maximum Gasteiger partial charge on any atom is 0.0563 e. The van der Waals surface area contributed by atoms with Crippen molar-refractivity contribution in [3.8, 4) is 11.1 Å². The number of fused-ring (bicyclic) bond motifs is 1. The molecule has 0 fully saturated rings. The number of aromatic nitrogens is 1. The number of rotatable bonds is 1. The Morgan fingerprint density at radius 1 is 0.824 bits per heavy atom. The van der Waals surface area contributed by atoms with E-state index in [-0.39, 0.29) is 0 Å². The molecule has 0 aliphatic rings. The molecule has 0 aliphatic heterocycles. The summed E-state index contributed by atoms with van der Waals surface area (Å²) in [5.41, 5.74) is 3.32. The van der Waals surface area contributed by atoms with Crippen LogP contribution < -0.4 is 0 Å². The number of benzene rings is 2. The lowest BCUT2D eigenvalue weighted by molar-refractivity contribution is 1.40.